The molecule has 7 nitrogen and oxygen atoms in total. The van der Waals surface area contributed by atoms with Crippen molar-refractivity contribution in [2.45, 2.75) is 19.8 Å². The molecule has 1 saturated carbocycles. The molecular weight excluding hydrogens is 276 g/mol. The Balaban J connectivity index is 2.35. The van der Waals surface area contributed by atoms with Crippen molar-refractivity contribution < 1.29 is 19.6 Å². The highest BCUT2D eigenvalue weighted by molar-refractivity contribution is 6.00. The quantitative estimate of drug-likeness (QED) is 0.636. The van der Waals surface area contributed by atoms with E-state index in [0.29, 0.717) is 18.0 Å². The van der Waals surface area contributed by atoms with Gasteiger partial charge in [-0.3, -0.25) is 19.7 Å². The second-order valence-corrected chi connectivity index (χ2v) is 5.25. The second kappa shape index (κ2) is 5.90. The lowest BCUT2D eigenvalue weighted by Crippen LogP contribution is -2.37. The third-order valence-electron chi connectivity index (χ3n) is 3.45. The van der Waals surface area contributed by atoms with E-state index in [1.807, 2.05) is 0 Å². The van der Waals surface area contributed by atoms with E-state index in [4.69, 9.17) is 5.11 Å². The van der Waals surface area contributed by atoms with E-state index in [0.717, 1.165) is 12.8 Å². The van der Waals surface area contributed by atoms with Crippen LogP contribution in [0.4, 0.5) is 5.69 Å². The van der Waals surface area contributed by atoms with Crippen LogP contribution >= 0.6 is 0 Å². The van der Waals surface area contributed by atoms with Crippen LogP contribution in [0, 0.1) is 23.0 Å². The number of nitro benzene ring substituents is 1. The maximum Gasteiger partial charge on any atom is 0.323 e. The molecule has 0 saturated heterocycles. The van der Waals surface area contributed by atoms with Crippen molar-refractivity contribution in [3.63, 3.8) is 0 Å². The Morgan fingerprint density at radius 1 is 1.43 bits per heavy atom. The van der Waals surface area contributed by atoms with Crippen molar-refractivity contribution in [3.8, 4) is 0 Å². The third-order valence-corrected chi connectivity index (χ3v) is 3.45. The Morgan fingerprint density at radius 2 is 2.10 bits per heavy atom. The molecule has 1 N–H and O–H groups in total. The molecule has 0 atom stereocenters. The van der Waals surface area contributed by atoms with E-state index >= 15 is 0 Å². The molecule has 1 fully saturated rings. The predicted molar refractivity (Wildman–Crippen MR) is 74.1 cm³/mol. The Morgan fingerprint density at radius 3 is 2.62 bits per heavy atom. The number of hydrogen-bond acceptors (Lipinski definition) is 4. The molecule has 0 aliphatic heterocycles. The molecule has 7 heteroatoms. The molecule has 0 heterocycles. The number of aliphatic carboxylic acids is 1. The van der Waals surface area contributed by atoms with Crippen LogP contribution in [0.5, 0.6) is 0 Å². The first-order valence-corrected chi connectivity index (χ1v) is 6.65. The number of hydrogen-bond donors (Lipinski definition) is 1. The fourth-order valence-electron chi connectivity index (χ4n) is 2.24. The molecule has 0 spiro atoms. The van der Waals surface area contributed by atoms with Crippen molar-refractivity contribution in [2.75, 3.05) is 13.1 Å². The molecule has 1 aromatic rings. The van der Waals surface area contributed by atoms with E-state index in [9.17, 15) is 19.7 Å². The molecule has 1 aliphatic carbocycles. The van der Waals surface area contributed by atoms with E-state index in [2.05, 4.69) is 0 Å². The zero-order valence-corrected chi connectivity index (χ0v) is 11.6. The van der Waals surface area contributed by atoms with Gasteiger partial charge in [0, 0.05) is 12.6 Å². The van der Waals surface area contributed by atoms with Gasteiger partial charge in [-0.2, -0.15) is 0 Å². The lowest BCUT2D eigenvalue weighted by Gasteiger charge is -2.21. The first-order chi connectivity index (χ1) is 9.90. The SMILES string of the molecule is Cc1cccc([N+](=O)[O-])c1C(=O)N(CC(=O)O)CC1CC1. The summed E-state index contributed by atoms with van der Waals surface area (Å²) in [6.07, 6.45) is 1.92. The number of carbonyl (C=O) groups excluding carboxylic acids is 1. The number of benzene rings is 1. The summed E-state index contributed by atoms with van der Waals surface area (Å²) in [4.78, 5) is 35.1. The van der Waals surface area contributed by atoms with Crippen LogP contribution in [0.15, 0.2) is 18.2 Å². The normalized spacial score (nSPS) is 13.8. The zero-order chi connectivity index (χ0) is 15.6. The Kier molecular flexibility index (Phi) is 4.21. The highest BCUT2D eigenvalue weighted by Gasteiger charge is 2.32. The topological polar surface area (TPSA) is 101 Å². The number of carbonyl (C=O) groups is 2. The Labute approximate surface area is 121 Å². The Hall–Kier alpha value is -2.44. The van der Waals surface area contributed by atoms with Gasteiger partial charge in [0.2, 0.25) is 0 Å². The largest absolute Gasteiger partial charge is 0.480 e. The lowest BCUT2D eigenvalue weighted by atomic mass is 10.0. The fourth-order valence-corrected chi connectivity index (χ4v) is 2.24. The Bertz CT molecular complexity index is 595. The third kappa shape index (κ3) is 3.56. The van der Waals surface area contributed by atoms with Crippen LogP contribution in [-0.4, -0.2) is 39.9 Å². The molecule has 1 aromatic carbocycles. The zero-order valence-electron chi connectivity index (χ0n) is 11.6. The molecule has 0 aromatic heterocycles. The number of aryl methyl sites for hydroxylation is 1. The van der Waals surface area contributed by atoms with Crippen molar-refractivity contribution in [2.24, 2.45) is 5.92 Å². The van der Waals surface area contributed by atoms with Gasteiger partial charge >= 0.3 is 5.97 Å². The molecule has 1 amide bonds. The molecule has 21 heavy (non-hydrogen) atoms. The summed E-state index contributed by atoms with van der Waals surface area (Å²) in [6, 6.07) is 4.37. The lowest BCUT2D eigenvalue weighted by molar-refractivity contribution is -0.385. The maximum absolute atomic E-state index is 12.5. The number of carboxylic acid groups (broad SMARTS) is 1. The molecule has 2 rings (SSSR count). The minimum Gasteiger partial charge on any atom is -0.480 e. The number of nitrogens with zero attached hydrogens (tertiary/aromatic N) is 2. The van der Waals surface area contributed by atoms with Crippen molar-refractivity contribution in [1.82, 2.24) is 4.90 Å². The van der Waals surface area contributed by atoms with Crippen LogP contribution < -0.4 is 0 Å². The van der Waals surface area contributed by atoms with Gasteiger partial charge in [-0.05, 0) is 31.2 Å². The first kappa shape index (κ1) is 15.0. The van der Waals surface area contributed by atoms with Gasteiger partial charge in [0.1, 0.15) is 12.1 Å². The van der Waals surface area contributed by atoms with E-state index in [1.165, 1.54) is 17.0 Å². The van der Waals surface area contributed by atoms with Crippen LogP contribution in [0.2, 0.25) is 0 Å². The summed E-state index contributed by atoms with van der Waals surface area (Å²) >= 11 is 0. The van der Waals surface area contributed by atoms with Gasteiger partial charge in [0.15, 0.2) is 0 Å². The van der Waals surface area contributed by atoms with Gasteiger partial charge < -0.3 is 10.0 Å². The van der Waals surface area contributed by atoms with E-state index in [1.54, 1.807) is 13.0 Å². The highest BCUT2D eigenvalue weighted by atomic mass is 16.6. The van der Waals surface area contributed by atoms with E-state index < -0.39 is 23.3 Å². The van der Waals surface area contributed by atoms with Crippen molar-refractivity contribution in [1.29, 1.82) is 0 Å². The van der Waals surface area contributed by atoms with Gasteiger partial charge in [-0.1, -0.05) is 12.1 Å². The minimum atomic E-state index is -1.12. The molecule has 1 aliphatic rings. The number of carboxylic acids is 1. The standard InChI is InChI=1S/C14H16N2O5/c1-9-3-2-4-11(16(20)21)13(9)14(19)15(8-12(17)18)7-10-5-6-10/h2-4,10H,5-8H2,1H3,(H,17,18). The number of nitro groups is 1. The molecular formula is C14H16N2O5. The maximum atomic E-state index is 12.5. The highest BCUT2D eigenvalue weighted by Crippen LogP contribution is 2.31. The number of rotatable bonds is 6. The first-order valence-electron chi connectivity index (χ1n) is 6.65. The van der Waals surface area contributed by atoms with Crippen molar-refractivity contribution in [3.05, 3.63) is 39.4 Å². The molecule has 0 unspecified atom stereocenters. The van der Waals surface area contributed by atoms with Crippen LogP contribution in [-0.2, 0) is 4.79 Å². The fraction of sp³-hybridized carbons (Fsp3) is 0.429. The van der Waals surface area contributed by atoms with Crippen LogP contribution in [0.1, 0.15) is 28.8 Å². The van der Waals surface area contributed by atoms with Gasteiger partial charge in [-0.25, -0.2) is 0 Å². The second-order valence-electron chi connectivity index (χ2n) is 5.25. The van der Waals surface area contributed by atoms with E-state index in [-0.39, 0.29) is 11.3 Å². The van der Waals surface area contributed by atoms with Crippen molar-refractivity contribution >= 4 is 17.6 Å². The average molecular weight is 292 g/mol. The summed E-state index contributed by atoms with van der Waals surface area (Å²) in [7, 11) is 0. The molecule has 112 valence electrons. The average Bonchev–Trinajstić information content (AvgIpc) is 3.20. The molecule has 0 bridgehead atoms. The summed E-state index contributed by atoms with van der Waals surface area (Å²) in [5, 5.41) is 20.0. The summed E-state index contributed by atoms with van der Waals surface area (Å²) < 4.78 is 0. The molecule has 0 radical (unpaired) electrons. The minimum absolute atomic E-state index is 0.0237. The summed E-state index contributed by atoms with van der Waals surface area (Å²) in [5.74, 6) is -1.41. The van der Waals surface area contributed by atoms with Gasteiger partial charge in [-0.15, -0.1) is 0 Å². The van der Waals surface area contributed by atoms with Gasteiger partial charge in [0.05, 0.1) is 4.92 Å². The summed E-state index contributed by atoms with van der Waals surface area (Å²) in [6.45, 7) is 1.49. The smallest absolute Gasteiger partial charge is 0.323 e. The number of amides is 1. The van der Waals surface area contributed by atoms with Crippen LogP contribution in [0.25, 0.3) is 0 Å². The monoisotopic (exact) mass is 292 g/mol. The summed E-state index contributed by atoms with van der Waals surface area (Å²) in [5.41, 5.74) is 0.163. The van der Waals surface area contributed by atoms with Crippen LogP contribution in [0.3, 0.4) is 0 Å². The predicted octanol–water partition coefficient (Wildman–Crippen LogP) is 1.84. The van der Waals surface area contributed by atoms with Gasteiger partial charge in [0.25, 0.3) is 11.6 Å².